The summed E-state index contributed by atoms with van der Waals surface area (Å²) in [6, 6.07) is 10.7. The number of piperidine rings is 1. The Morgan fingerprint density at radius 1 is 1.05 bits per heavy atom. The summed E-state index contributed by atoms with van der Waals surface area (Å²) >= 11 is 0. The monoisotopic (exact) mass is 301 g/mol. The third-order valence-corrected chi connectivity index (χ3v) is 4.99. The van der Waals surface area contributed by atoms with Crippen molar-refractivity contribution in [2.45, 2.75) is 31.8 Å². The Hall–Kier alpha value is -1.39. The molecular formula is C18H27N3O. The van der Waals surface area contributed by atoms with Crippen molar-refractivity contribution in [3.05, 3.63) is 35.9 Å². The van der Waals surface area contributed by atoms with Gasteiger partial charge in [0.2, 0.25) is 5.91 Å². The first-order valence-electron chi connectivity index (χ1n) is 8.49. The Morgan fingerprint density at radius 3 is 2.45 bits per heavy atom. The molecule has 22 heavy (non-hydrogen) atoms. The van der Waals surface area contributed by atoms with E-state index in [0.29, 0.717) is 5.91 Å². The van der Waals surface area contributed by atoms with E-state index in [1.807, 2.05) is 0 Å². The molecule has 1 unspecified atom stereocenters. The molecule has 0 aromatic heterocycles. The number of hydrogen-bond acceptors (Lipinski definition) is 3. The normalized spacial score (nSPS) is 24.4. The SMILES string of the molecule is CN1CCCCC1C(=O)N1CCN(Cc2ccccc2)CC1. The summed E-state index contributed by atoms with van der Waals surface area (Å²) in [5.74, 6) is 0.349. The predicted octanol–water partition coefficient (Wildman–Crippen LogP) is 1.82. The van der Waals surface area contributed by atoms with E-state index >= 15 is 0 Å². The van der Waals surface area contributed by atoms with Gasteiger partial charge in [0.05, 0.1) is 6.04 Å². The number of benzene rings is 1. The lowest BCUT2D eigenvalue weighted by molar-refractivity contribution is -0.139. The maximum Gasteiger partial charge on any atom is 0.240 e. The van der Waals surface area contributed by atoms with Crippen molar-refractivity contribution >= 4 is 5.91 Å². The number of likely N-dealkylation sites (tertiary alicyclic amines) is 1. The minimum Gasteiger partial charge on any atom is -0.339 e. The van der Waals surface area contributed by atoms with Crippen molar-refractivity contribution in [3.63, 3.8) is 0 Å². The van der Waals surface area contributed by atoms with E-state index in [4.69, 9.17) is 0 Å². The highest BCUT2D eigenvalue weighted by atomic mass is 16.2. The molecule has 1 amide bonds. The van der Waals surface area contributed by atoms with Crippen LogP contribution in [0.5, 0.6) is 0 Å². The molecule has 1 atom stereocenters. The van der Waals surface area contributed by atoms with Gasteiger partial charge in [0.15, 0.2) is 0 Å². The molecule has 2 fully saturated rings. The molecule has 2 saturated heterocycles. The molecule has 1 aromatic carbocycles. The standard InChI is InChI=1S/C18H27N3O/c1-19-10-6-5-9-17(19)18(22)21-13-11-20(12-14-21)15-16-7-3-2-4-8-16/h2-4,7-8,17H,5-6,9-15H2,1H3. The predicted molar refractivity (Wildman–Crippen MR) is 88.6 cm³/mol. The molecule has 0 N–H and O–H groups in total. The number of hydrogen-bond donors (Lipinski definition) is 0. The van der Waals surface area contributed by atoms with Crippen LogP contribution in [0.2, 0.25) is 0 Å². The summed E-state index contributed by atoms with van der Waals surface area (Å²) in [4.78, 5) is 19.5. The van der Waals surface area contributed by atoms with Crippen LogP contribution in [0.4, 0.5) is 0 Å². The van der Waals surface area contributed by atoms with Crippen LogP contribution in [0.15, 0.2) is 30.3 Å². The van der Waals surface area contributed by atoms with Crippen LogP contribution in [0, 0.1) is 0 Å². The van der Waals surface area contributed by atoms with E-state index in [2.05, 4.69) is 52.1 Å². The average molecular weight is 301 g/mol. The van der Waals surface area contributed by atoms with Gasteiger partial charge in [0, 0.05) is 32.7 Å². The van der Waals surface area contributed by atoms with Crippen molar-refractivity contribution in [2.24, 2.45) is 0 Å². The molecule has 2 aliphatic heterocycles. The quantitative estimate of drug-likeness (QED) is 0.852. The molecule has 3 rings (SSSR count). The maximum atomic E-state index is 12.7. The summed E-state index contributed by atoms with van der Waals surface area (Å²) in [6.07, 6.45) is 3.44. The van der Waals surface area contributed by atoms with Crippen LogP contribution >= 0.6 is 0 Å². The zero-order chi connectivity index (χ0) is 15.4. The van der Waals surface area contributed by atoms with Gasteiger partial charge in [-0.25, -0.2) is 0 Å². The zero-order valence-corrected chi connectivity index (χ0v) is 13.6. The minimum absolute atomic E-state index is 0.120. The van der Waals surface area contributed by atoms with Gasteiger partial charge in [-0.1, -0.05) is 36.8 Å². The highest BCUT2D eigenvalue weighted by Crippen LogP contribution is 2.18. The number of piperazine rings is 1. The second-order valence-corrected chi connectivity index (χ2v) is 6.58. The fourth-order valence-electron chi connectivity index (χ4n) is 3.57. The number of likely N-dealkylation sites (N-methyl/N-ethyl adjacent to an activating group) is 1. The average Bonchev–Trinajstić information content (AvgIpc) is 2.56. The summed E-state index contributed by atoms with van der Waals surface area (Å²) in [5, 5.41) is 0. The molecule has 0 radical (unpaired) electrons. The van der Waals surface area contributed by atoms with E-state index in [9.17, 15) is 4.79 Å². The van der Waals surface area contributed by atoms with Gasteiger partial charge in [-0.05, 0) is 32.0 Å². The Bertz CT molecular complexity index is 482. The van der Waals surface area contributed by atoms with Crippen LogP contribution in [0.1, 0.15) is 24.8 Å². The number of carbonyl (C=O) groups excluding carboxylic acids is 1. The largest absolute Gasteiger partial charge is 0.339 e. The number of amides is 1. The van der Waals surface area contributed by atoms with Crippen molar-refractivity contribution in [1.29, 1.82) is 0 Å². The van der Waals surface area contributed by atoms with E-state index in [-0.39, 0.29) is 6.04 Å². The van der Waals surface area contributed by atoms with Crippen LogP contribution in [0.3, 0.4) is 0 Å². The lowest BCUT2D eigenvalue weighted by atomic mass is 10.0. The third kappa shape index (κ3) is 3.68. The van der Waals surface area contributed by atoms with Gasteiger partial charge in [-0.15, -0.1) is 0 Å². The van der Waals surface area contributed by atoms with E-state index in [0.717, 1.165) is 45.7 Å². The smallest absolute Gasteiger partial charge is 0.240 e. The van der Waals surface area contributed by atoms with Crippen molar-refractivity contribution in [1.82, 2.24) is 14.7 Å². The van der Waals surface area contributed by atoms with Crippen LogP contribution < -0.4 is 0 Å². The Kier molecular flexibility index (Phi) is 5.11. The molecule has 0 bridgehead atoms. The molecule has 2 aliphatic rings. The van der Waals surface area contributed by atoms with Crippen LogP contribution in [0.25, 0.3) is 0 Å². The Morgan fingerprint density at radius 2 is 1.77 bits per heavy atom. The molecule has 120 valence electrons. The van der Waals surface area contributed by atoms with Gasteiger partial charge in [0.25, 0.3) is 0 Å². The van der Waals surface area contributed by atoms with Gasteiger partial charge >= 0.3 is 0 Å². The topological polar surface area (TPSA) is 26.8 Å². The fourth-order valence-corrected chi connectivity index (χ4v) is 3.57. The minimum atomic E-state index is 0.120. The van der Waals surface area contributed by atoms with Gasteiger partial charge in [0.1, 0.15) is 0 Å². The Balaban J connectivity index is 1.50. The summed E-state index contributed by atoms with van der Waals surface area (Å²) in [6.45, 7) is 5.76. The van der Waals surface area contributed by atoms with Crippen molar-refractivity contribution in [2.75, 3.05) is 39.8 Å². The van der Waals surface area contributed by atoms with Crippen LogP contribution in [-0.2, 0) is 11.3 Å². The summed E-state index contributed by atoms with van der Waals surface area (Å²) in [7, 11) is 2.09. The number of carbonyl (C=O) groups is 1. The second-order valence-electron chi connectivity index (χ2n) is 6.58. The molecule has 1 aromatic rings. The van der Waals surface area contributed by atoms with Gasteiger partial charge < -0.3 is 4.90 Å². The first kappa shape index (κ1) is 15.5. The summed E-state index contributed by atoms with van der Waals surface area (Å²) < 4.78 is 0. The van der Waals surface area contributed by atoms with E-state index < -0.39 is 0 Å². The van der Waals surface area contributed by atoms with Crippen molar-refractivity contribution < 1.29 is 4.79 Å². The molecule has 0 saturated carbocycles. The molecule has 4 heteroatoms. The zero-order valence-electron chi connectivity index (χ0n) is 13.6. The first-order valence-corrected chi connectivity index (χ1v) is 8.49. The van der Waals surface area contributed by atoms with E-state index in [1.165, 1.54) is 18.4 Å². The van der Waals surface area contributed by atoms with Crippen molar-refractivity contribution in [3.8, 4) is 0 Å². The highest BCUT2D eigenvalue weighted by Gasteiger charge is 2.31. The van der Waals surface area contributed by atoms with Crippen LogP contribution in [-0.4, -0.2) is 66.4 Å². The lowest BCUT2D eigenvalue weighted by Crippen LogP contribution is -2.55. The van der Waals surface area contributed by atoms with Gasteiger partial charge in [-0.3, -0.25) is 14.6 Å². The molecule has 2 heterocycles. The number of nitrogens with zero attached hydrogens (tertiary/aromatic N) is 3. The summed E-state index contributed by atoms with van der Waals surface area (Å²) in [5.41, 5.74) is 1.36. The fraction of sp³-hybridized carbons (Fsp3) is 0.611. The lowest BCUT2D eigenvalue weighted by Gasteiger charge is -2.39. The van der Waals surface area contributed by atoms with E-state index in [1.54, 1.807) is 0 Å². The molecule has 4 nitrogen and oxygen atoms in total. The second kappa shape index (κ2) is 7.25. The third-order valence-electron chi connectivity index (χ3n) is 4.99. The maximum absolute atomic E-state index is 12.7. The molecule has 0 aliphatic carbocycles. The Labute approximate surface area is 133 Å². The molecule has 0 spiro atoms. The molecular weight excluding hydrogens is 274 g/mol. The van der Waals surface area contributed by atoms with Gasteiger partial charge in [-0.2, -0.15) is 0 Å². The highest BCUT2D eigenvalue weighted by molar-refractivity contribution is 5.82. The number of rotatable bonds is 3. The first-order chi connectivity index (χ1) is 10.7.